The van der Waals surface area contributed by atoms with Crippen LogP contribution in [0.5, 0.6) is 0 Å². The zero-order valence-electron chi connectivity index (χ0n) is 20.6. The average Bonchev–Trinajstić information content (AvgIpc) is 3.19. The number of nitrogens with one attached hydrogen (secondary N) is 2. The summed E-state index contributed by atoms with van der Waals surface area (Å²) >= 11 is 0. The molecule has 6 N–H and O–H groups in total. The number of nitrogens with two attached hydrogens (primary N) is 2. The first-order valence-electron chi connectivity index (χ1n) is 12.0. The molecule has 194 valence electrons. The van der Waals surface area contributed by atoms with Crippen LogP contribution in [0.4, 0.5) is 25.8 Å². The standard InChI is InChI=1S/C27H31F2N7O/c1-18-5-6-19(14-25(18)36(31)17-24(30)20-4-2-3-7-33-16-20)27(37)34-22-12-21(26(28)29)13-23(15-22)35-10-8-32-9-11-35/h2-3,5-7,12-17,26,32H,4,8-11,30-31H2,1H3,(H,34,37)/b24-17-. The van der Waals surface area contributed by atoms with Crippen molar-refractivity contribution in [2.24, 2.45) is 16.6 Å². The molecule has 2 aliphatic rings. The Morgan fingerprint density at radius 1 is 1.22 bits per heavy atom. The molecule has 0 saturated carbocycles. The number of hydrogen-bond acceptors (Lipinski definition) is 7. The van der Waals surface area contributed by atoms with Gasteiger partial charge in [-0.2, -0.15) is 0 Å². The molecule has 2 aromatic rings. The summed E-state index contributed by atoms with van der Waals surface area (Å²) < 4.78 is 27.2. The van der Waals surface area contributed by atoms with Gasteiger partial charge in [-0.05, 0) is 60.9 Å². The summed E-state index contributed by atoms with van der Waals surface area (Å²) in [4.78, 5) is 19.3. The van der Waals surface area contributed by atoms with Crippen LogP contribution in [0, 0.1) is 6.92 Å². The highest BCUT2D eigenvalue weighted by molar-refractivity contribution is 6.05. The Morgan fingerprint density at radius 3 is 2.76 bits per heavy atom. The molecule has 2 heterocycles. The average molecular weight is 508 g/mol. The Balaban J connectivity index is 1.56. The van der Waals surface area contributed by atoms with E-state index in [0.29, 0.717) is 47.8 Å². The fourth-order valence-electron chi connectivity index (χ4n) is 4.16. The SMILES string of the molecule is Cc1ccc(C(=O)Nc2cc(C(F)F)cc(N3CCNCC3)c2)cc1N(N)/C=C(\N)C1=CN=CC=CC1. The summed E-state index contributed by atoms with van der Waals surface area (Å²) in [6.45, 7) is 4.80. The monoisotopic (exact) mass is 507 g/mol. The van der Waals surface area contributed by atoms with Gasteiger partial charge in [-0.15, -0.1) is 0 Å². The first kappa shape index (κ1) is 26.1. The highest BCUT2D eigenvalue weighted by Gasteiger charge is 2.18. The van der Waals surface area contributed by atoms with Gasteiger partial charge in [0.15, 0.2) is 0 Å². The molecule has 0 unspecified atom stereocenters. The molecule has 0 aromatic heterocycles. The topological polar surface area (TPSA) is 112 Å². The van der Waals surface area contributed by atoms with Gasteiger partial charge in [-0.25, -0.2) is 14.6 Å². The molecule has 37 heavy (non-hydrogen) atoms. The van der Waals surface area contributed by atoms with Crippen LogP contribution in [0.3, 0.4) is 0 Å². The normalized spacial score (nSPS) is 16.0. The van der Waals surface area contributed by atoms with E-state index in [4.69, 9.17) is 11.6 Å². The second-order valence-corrected chi connectivity index (χ2v) is 8.88. The lowest BCUT2D eigenvalue weighted by Gasteiger charge is -2.30. The van der Waals surface area contributed by atoms with Crippen molar-refractivity contribution in [3.05, 3.63) is 88.9 Å². The number of hydrogen-bond donors (Lipinski definition) is 4. The molecule has 0 spiro atoms. The minimum atomic E-state index is -2.66. The number of allylic oxidation sites excluding steroid dienone is 3. The van der Waals surface area contributed by atoms with Crippen LogP contribution in [0.15, 0.2) is 77.2 Å². The quantitative estimate of drug-likeness (QED) is 0.333. The zero-order valence-corrected chi connectivity index (χ0v) is 20.6. The summed E-state index contributed by atoms with van der Waals surface area (Å²) in [5.74, 6) is 5.85. The van der Waals surface area contributed by atoms with Crippen molar-refractivity contribution in [2.45, 2.75) is 19.8 Å². The van der Waals surface area contributed by atoms with Crippen molar-refractivity contribution in [1.29, 1.82) is 0 Å². The van der Waals surface area contributed by atoms with Gasteiger partial charge in [-0.3, -0.25) is 14.8 Å². The van der Waals surface area contributed by atoms with Gasteiger partial charge in [0.05, 0.1) is 11.4 Å². The number of piperazine rings is 1. The molecule has 0 bridgehead atoms. The molecule has 1 amide bonds. The highest BCUT2D eigenvalue weighted by atomic mass is 19.3. The zero-order chi connectivity index (χ0) is 26.4. The summed E-state index contributed by atoms with van der Waals surface area (Å²) in [5, 5.41) is 7.38. The van der Waals surface area contributed by atoms with Gasteiger partial charge in [-0.1, -0.05) is 12.1 Å². The van der Waals surface area contributed by atoms with Crippen molar-refractivity contribution in [1.82, 2.24) is 5.32 Å². The summed E-state index contributed by atoms with van der Waals surface area (Å²) in [6, 6.07) is 9.58. The number of anilines is 3. The first-order chi connectivity index (χ1) is 17.8. The van der Waals surface area contributed by atoms with E-state index in [9.17, 15) is 13.6 Å². The van der Waals surface area contributed by atoms with Crippen LogP contribution in [-0.4, -0.2) is 38.3 Å². The predicted octanol–water partition coefficient (Wildman–Crippen LogP) is 3.99. The maximum atomic E-state index is 13.6. The maximum Gasteiger partial charge on any atom is 0.263 e. The number of carbonyl (C=O) groups excluding carboxylic acids is 1. The Hall–Kier alpha value is -4.02. The summed E-state index contributed by atoms with van der Waals surface area (Å²) in [7, 11) is 0. The third kappa shape index (κ3) is 6.60. The van der Waals surface area contributed by atoms with Gasteiger partial charge < -0.3 is 21.3 Å². The number of nitrogens with zero attached hydrogens (tertiary/aromatic N) is 3. The lowest BCUT2D eigenvalue weighted by molar-refractivity contribution is 0.102. The first-order valence-corrected chi connectivity index (χ1v) is 12.0. The van der Waals surface area contributed by atoms with Crippen LogP contribution < -0.4 is 32.1 Å². The fourth-order valence-corrected chi connectivity index (χ4v) is 4.16. The molecule has 2 aliphatic heterocycles. The Labute approximate surface area is 215 Å². The lowest BCUT2D eigenvalue weighted by Crippen LogP contribution is -2.43. The van der Waals surface area contributed by atoms with Crippen LogP contribution >= 0.6 is 0 Å². The van der Waals surface area contributed by atoms with Crippen molar-refractivity contribution < 1.29 is 13.6 Å². The molecule has 4 rings (SSSR count). The predicted molar refractivity (Wildman–Crippen MR) is 145 cm³/mol. The van der Waals surface area contributed by atoms with Crippen molar-refractivity contribution in [3.63, 3.8) is 0 Å². The number of rotatable bonds is 7. The summed E-state index contributed by atoms with van der Waals surface area (Å²) in [5.41, 5.74) is 10.0. The smallest absolute Gasteiger partial charge is 0.263 e. The van der Waals surface area contributed by atoms with Crippen LogP contribution in [-0.2, 0) is 0 Å². The number of benzene rings is 2. The summed E-state index contributed by atoms with van der Waals surface area (Å²) in [6.07, 6.45) is 6.68. The number of alkyl halides is 2. The van der Waals surface area contributed by atoms with E-state index in [-0.39, 0.29) is 5.56 Å². The molecule has 0 radical (unpaired) electrons. The van der Waals surface area contributed by atoms with E-state index in [2.05, 4.69) is 15.6 Å². The largest absolute Gasteiger partial charge is 0.397 e. The van der Waals surface area contributed by atoms with Gasteiger partial charge in [0, 0.05) is 67.3 Å². The van der Waals surface area contributed by atoms with Crippen molar-refractivity contribution in [3.8, 4) is 0 Å². The van der Waals surface area contributed by atoms with Crippen LogP contribution in [0.25, 0.3) is 0 Å². The number of amides is 1. The Bertz CT molecular complexity index is 1260. The molecule has 2 aromatic carbocycles. The highest BCUT2D eigenvalue weighted by Crippen LogP contribution is 2.30. The lowest BCUT2D eigenvalue weighted by atomic mass is 10.1. The third-order valence-corrected chi connectivity index (χ3v) is 6.21. The third-order valence-electron chi connectivity index (χ3n) is 6.21. The van der Waals surface area contributed by atoms with E-state index < -0.39 is 12.3 Å². The van der Waals surface area contributed by atoms with E-state index in [1.807, 2.05) is 24.0 Å². The number of carbonyl (C=O) groups is 1. The van der Waals surface area contributed by atoms with Crippen LogP contribution in [0.2, 0.25) is 0 Å². The molecule has 1 saturated heterocycles. The van der Waals surface area contributed by atoms with Crippen LogP contribution in [0.1, 0.15) is 34.3 Å². The second kappa shape index (κ2) is 11.8. The minimum absolute atomic E-state index is 0.142. The van der Waals surface area contributed by atoms with Gasteiger partial charge in [0.1, 0.15) is 0 Å². The maximum absolute atomic E-state index is 13.6. The van der Waals surface area contributed by atoms with E-state index >= 15 is 0 Å². The number of halogens is 2. The minimum Gasteiger partial charge on any atom is -0.397 e. The fraction of sp³-hybridized carbons (Fsp3) is 0.259. The molecule has 8 nitrogen and oxygen atoms in total. The van der Waals surface area contributed by atoms with Crippen molar-refractivity contribution in [2.75, 3.05) is 41.4 Å². The van der Waals surface area contributed by atoms with Gasteiger partial charge in [0.2, 0.25) is 0 Å². The molecule has 0 atom stereocenters. The number of aryl methyl sites for hydroxylation is 1. The van der Waals surface area contributed by atoms with Gasteiger partial charge >= 0.3 is 0 Å². The molecule has 1 fully saturated rings. The van der Waals surface area contributed by atoms with Gasteiger partial charge in [0.25, 0.3) is 12.3 Å². The number of aliphatic imine (C=N–C) groups is 1. The molecule has 0 aliphatic carbocycles. The van der Waals surface area contributed by atoms with E-state index in [1.54, 1.807) is 42.9 Å². The van der Waals surface area contributed by atoms with E-state index in [0.717, 1.165) is 24.2 Å². The Morgan fingerprint density at radius 2 is 2.00 bits per heavy atom. The second-order valence-electron chi connectivity index (χ2n) is 8.88. The molecule has 10 heteroatoms. The van der Waals surface area contributed by atoms with E-state index in [1.165, 1.54) is 17.1 Å². The van der Waals surface area contributed by atoms with Crippen molar-refractivity contribution >= 4 is 29.2 Å². The number of hydrazine groups is 1. The molecular weight excluding hydrogens is 476 g/mol. The molecular formula is C27H31F2N7O. The Kier molecular flexibility index (Phi) is 8.32.